The molecule has 0 aliphatic heterocycles. The maximum absolute atomic E-state index is 12.2. The van der Waals surface area contributed by atoms with E-state index in [-0.39, 0.29) is 18.5 Å². The molecule has 0 aromatic heterocycles. The molecule has 0 aliphatic rings. The van der Waals surface area contributed by atoms with Crippen LogP contribution < -0.4 is 0 Å². The van der Waals surface area contributed by atoms with E-state index in [4.69, 9.17) is 0 Å². The molecule has 3 nitrogen and oxygen atoms in total. The average molecular weight is 289 g/mol. The summed E-state index contributed by atoms with van der Waals surface area (Å²) < 4.78 is 60.9. The predicted molar refractivity (Wildman–Crippen MR) is 65.8 cm³/mol. The van der Waals surface area contributed by atoms with E-state index in [9.17, 15) is 21.6 Å². The molecule has 0 fully saturated rings. The first-order valence-electron chi connectivity index (χ1n) is 5.92. The van der Waals surface area contributed by atoms with Gasteiger partial charge in [0.1, 0.15) is 0 Å². The Balaban J connectivity index is 4.78. The fourth-order valence-corrected chi connectivity index (χ4v) is 2.82. The van der Waals surface area contributed by atoms with Gasteiger partial charge in [0.2, 0.25) is 10.0 Å². The van der Waals surface area contributed by atoms with Crippen LogP contribution in [0, 0.1) is 5.41 Å². The van der Waals surface area contributed by atoms with Crippen LogP contribution in [0.4, 0.5) is 13.2 Å². The van der Waals surface area contributed by atoms with Gasteiger partial charge >= 0.3 is 6.18 Å². The molecule has 18 heavy (non-hydrogen) atoms. The predicted octanol–water partition coefficient (Wildman–Crippen LogP) is 3.03. The van der Waals surface area contributed by atoms with Gasteiger partial charge in [-0.05, 0) is 18.3 Å². The van der Waals surface area contributed by atoms with Gasteiger partial charge in [-0.3, -0.25) is 0 Å². The van der Waals surface area contributed by atoms with Crippen LogP contribution in [0.1, 0.15) is 40.5 Å². The van der Waals surface area contributed by atoms with E-state index in [1.807, 2.05) is 20.8 Å². The third-order valence-corrected chi connectivity index (χ3v) is 4.17. The summed E-state index contributed by atoms with van der Waals surface area (Å²) in [5.74, 6) is -1.77. The van der Waals surface area contributed by atoms with Crippen molar-refractivity contribution in [3.05, 3.63) is 0 Å². The molecule has 0 saturated heterocycles. The van der Waals surface area contributed by atoms with Gasteiger partial charge in [0, 0.05) is 13.1 Å². The molecule has 0 radical (unpaired) electrons. The smallest absolute Gasteiger partial charge is 0.212 e. The quantitative estimate of drug-likeness (QED) is 0.753. The molecule has 0 amide bonds. The Hall–Kier alpha value is -0.300. The van der Waals surface area contributed by atoms with Crippen molar-refractivity contribution in [2.45, 2.75) is 46.7 Å². The van der Waals surface area contributed by atoms with E-state index in [1.54, 1.807) is 6.92 Å². The highest BCUT2D eigenvalue weighted by Crippen LogP contribution is 2.23. The van der Waals surface area contributed by atoms with Gasteiger partial charge in [0.25, 0.3) is 0 Å². The summed E-state index contributed by atoms with van der Waals surface area (Å²) in [6.07, 6.45) is -3.65. The van der Waals surface area contributed by atoms with Gasteiger partial charge in [0.05, 0.1) is 0 Å². The van der Waals surface area contributed by atoms with Crippen LogP contribution in [0.15, 0.2) is 0 Å². The molecular weight excluding hydrogens is 267 g/mol. The van der Waals surface area contributed by atoms with Gasteiger partial charge in [-0.15, -0.1) is 0 Å². The van der Waals surface area contributed by atoms with Crippen molar-refractivity contribution in [3.8, 4) is 0 Å². The molecular formula is C11H22F3NO2S. The van der Waals surface area contributed by atoms with E-state index < -0.39 is 22.0 Å². The molecule has 110 valence electrons. The van der Waals surface area contributed by atoms with Crippen molar-refractivity contribution in [1.29, 1.82) is 0 Å². The van der Waals surface area contributed by atoms with Gasteiger partial charge in [0.15, 0.2) is 5.75 Å². The van der Waals surface area contributed by atoms with Crippen molar-refractivity contribution in [2.24, 2.45) is 5.41 Å². The van der Waals surface area contributed by atoms with Crippen molar-refractivity contribution < 1.29 is 21.6 Å². The number of hydrogen-bond acceptors (Lipinski definition) is 2. The maximum atomic E-state index is 12.2. The number of rotatable bonds is 6. The summed E-state index contributed by atoms with van der Waals surface area (Å²) >= 11 is 0. The van der Waals surface area contributed by atoms with Crippen molar-refractivity contribution in [3.63, 3.8) is 0 Å². The number of halogens is 3. The minimum Gasteiger partial charge on any atom is -0.212 e. The van der Waals surface area contributed by atoms with Gasteiger partial charge in [-0.25, -0.2) is 12.7 Å². The zero-order valence-electron chi connectivity index (χ0n) is 11.3. The molecule has 0 rings (SSSR count). The molecule has 0 bridgehead atoms. The first-order valence-corrected chi connectivity index (χ1v) is 7.53. The maximum Gasteiger partial charge on any atom is 0.404 e. The fraction of sp³-hybridized carbons (Fsp3) is 1.00. The molecule has 0 spiro atoms. The van der Waals surface area contributed by atoms with Crippen LogP contribution >= 0.6 is 0 Å². The summed E-state index contributed by atoms with van der Waals surface area (Å²) in [6, 6.07) is 0. The molecule has 0 aromatic rings. The number of hydrogen-bond donors (Lipinski definition) is 0. The van der Waals surface area contributed by atoms with E-state index in [0.717, 1.165) is 4.31 Å². The largest absolute Gasteiger partial charge is 0.404 e. The highest BCUT2D eigenvalue weighted by Gasteiger charge is 2.38. The van der Waals surface area contributed by atoms with Gasteiger partial charge in [-0.1, -0.05) is 27.7 Å². The molecule has 0 N–H and O–H groups in total. The van der Waals surface area contributed by atoms with Crippen LogP contribution in [0.2, 0.25) is 0 Å². The molecule has 0 heterocycles. The van der Waals surface area contributed by atoms with Crippen LogP contribution in [0.3, 0.4) is 0 Å². The van der Waals surface area contributed by atoms with Crippen molar-refractivity contribution in [1.82, 2.24) is 4.31 Å². The van der Waals surface area contributed by atoms with Crippen molar-refractivity contribution >= 4 is 10.0 Å². The Labute approximate surface area is 107 Å². The lowest BCUT2D eigenvalue weighted by molar-refractivity contribution is -0.107. The summed E-state index contributed by atoms with van der Waals surface area (Å²) in [5, 5.41) is 0. The first kappa shape index (κ1) is 17.7. The minimum absolute atomic E-state index is 0.111. The second-order valence-corrected chi connectivity index (χ2v) is 7.55. The summed E-state index contributed by atoms with van der Waals surface area (Å²) in [7, 11) is -4.26. The SMILES string of the molecule is CCCN(CCC(C)(C)C)S(=O)(=O)CC(F)(F)F. The molecule has 0 unspecified atom stereocenters. The minimum atomic E-state index is -4.69. The summed E-state index contributed by atoms with van der Waals surface area (Å²) in [4.78, 5) is 0. The zero-order valence-corrected chi connectivity index (χ0v) is 12.2. The van der Waals surface area contributed by atoms with E-state index in [0.29, 0.717) is 12.8 Å². The highest BCUT2D eigenvalue weighted by molar-refractivity contribution is 7.89. The van der Waals surface area contributed by atoms with E-state index in [1.165, 1.54) is 0 Å². The molecule has 0 saturated carbocycles. The van der Waals surface area contributed by atoms with Crippen LogP contribution in [0.25, 0.3) is 0 Å². The second kappa shape index (κ2) is 6.23. The van der Waals surface area contributed by atoms with Crippen LogP contribution in [-0.4, -0.2) is 37.7 Å². The molecule has 0 aromatic carbocycles. The third-order valence-electron chi connectivity index (χ3n) is 2.32. The Bertz CT molecular complexity index is 344. The van der Waals surface area contributed by atoms with Crippen molar-refractivity contribution in [2.75, 3.05) is 18.8 Å². The normalized spacial score (nSPS) is 14.2. The highest BCUT2D eigenvalue weighted by atomic mass is 32.2. The molecule has 0 atom stereocenters. The van der Waals surface area contributed by atoms with Gasteiger partial charge < -0.3 is 0 Å². The molecule has 0 aliphatic carbocycles. The average Bonchev–Trinajstić information content (AvgIpc) is 2.05. The standard InChI is InChI=1S/C11H22F3NO2S/c1-5-7-15(8-6-10(2,3)4)18(16,17)9-11(12,13)14/h5-9H2,1-4H3. The second-order valence-electron chi connectivity index (χ2n) is 5.58. The van der Waals surface area contributed by atoms with Crippen LogP contribution in [-0.2, 0) is 10.0 Å². The monoisotopic (exact) mass is 289 g/mol. The van der Waals surface area contributed by atoms with E-state index >= 15 is 0 Å². The topological polar surface area (TPSA) is 37.4 Å². The van der Waals surface area contributed by atoms with Crippen LogP contribution in [0.5, 0.6) is 0 Å². The summed E-state index contributed by atoms with van der Waals surface area (Å²) in [6.45, 7) is 7.78. The zero-order chi connectivity index (χ0) is 14.6. The lowest BCUT2D eigenvalue weighted by Crippen LogP contribution is -2.39. The number of alkyl halides is 3. The van der Waals surface area contributed by atoms with Gasteiger partial charge in [-0.2, -0.15) is 13.2 Å². The number of nitrogens with zero attached hydrogens (tertiary/aromatic N) is 1. The molecule has 7 heteroatoms. The lowest BCUT2D eigenvalue weighted by Gasteiger charge is -2.26. The lowest BCUT2D eigenvalue weighted by atomic mass is 9.92. The Morgan fingerprint density at radius 3 is 1.89 bits per heavy atom. The third kappa shape index (κ3) is 7.92. The van der Waals surface area contributed by atoms with E-state index in [2.05, 4.69) is 0 Å². The Morgan fingerprint density at radius 1 is 1.06 bits per heavy atom. The summed E-state index contributed by atoms with van der Waals surface area (Å²) in [5.41, 5.74) is -0.111. The first-order chi connectivity index (χ1) is 7.87. The Morgan fingerprint density at radius 2 is 1.56 bits per heavy atom. The number of sulfonamides is 1. The Kier molecular flexibility index (Phi) is 6.13. The fourth-order valence-electron chi connectivity index (χ4n) is 1.40.